The molecule has 0 saturated carbocycles. The van der Waals surface area contributed by atoms with Gasteiger partial charge in [0.15, 0.2) is 16.8 Å². The van der Waals surface area contributed by atoms with Gasteiger partial charge in [-0.1, -0.05) is 47.6 Å². The minimum absolute atomic E-state index is 0.0320. The van der Waals surface area contributed by atoms with Crippen molar-refractivity contribution in [2.45, 2.75) is 18.3 Å². The van der Waals surface area contributed by atoms with Crippen LogP contribution in [0.2, 0.25) is 5.02 Å². The van der Waals surface area contributed by atoms with Gasteiger partial charge in [-0.15, -0.1) is 16.8 Å². The molecule has 2 aromatic carbocycles. The third-order valence-corrected chi connectivity index (χ3v) is 5.73. The molecule has 4 aromatic rings. The van der Waals surface area contributed by atoms with Crippen molar-refractivity contribution >= 4 is 40.0 Å². The number of hydrogen-bond donors (Lipinski definition) is 1. The van der Waals surface area contributed by atoms with E-state index < -0.39 is 0 Å². The summed E-state index contributed by atoms with van der Waals surface area (Å²) in [4.78, 5) is 15.9. The maximum Gasteiger partial charge on any atom is 0.192 e. The Hall–Kier alpha value is -3.03. The summed E-state index contributed by atoms with van der Waals surface area (Å²) in [6.07, 6.45) is 3.52. The molecule has 2 aromatic heterocycles. The first-order valence-corrected chi connectivity index (χ1v) is 10.7. The van der Waals surface area contributed by atoms with E-state index in [-0.39, 0.29) is 18.1 Å². The number of hydrogen-bond acceptors (Lipinski definition) is 5. The molecule has 0 bridgehead atoms. The number of fused-ring (bicyclic) bond motifs is 1. The zero-order valence-corrected chi connectivity index (χ0v) is 17.6. The summed E-state index contributed by atoms with van der Waals surface area (Å²) in [6, 6.07) is 14.9. The second kappa shape index (κ2) is 9.19. The lowest BCUT2D eigenvalue weighted by atomic mass is 10.1. The van der Waals surface area contributed by atoms with Gasteiger partial charge in [-0.3, -0.25) is 9.36 Å². The van der Waals surface area contributed by atoms with Crippen molar-refractivity contribution in [2.24, 2.45) is 0 Å². The fraction of sp³-hybridized carbons (Fsp3) is 0.136. The fourth-order valence-corrected chi connectivity index (χ4v) is 4.01. The molecule has 8 heteroatoms. The van der Waals surface area contributed by atoms with Crippen LogP contribution in [0, 0.1) is 0 Å². The van der Waals surface area contributed by atoms with Crippen LogP contribution >= 0.6 is 23.4 Å². The Morgan fingerprint density at radius 1 is 1.20 bits per heavy atom. The van der Waals surface area contributed by atoms with Crippen LogP contribution in [0.1, 0.15) is 16.2 Å². The Bertz CT molecular complexity index is 1180. The zero-order chi connectivity index (χ0) is 20.9. The summed E-state index contributed by atoms with van der Waals surface area (Å²) in [5.74, 6) is 1.64. The van der Waals surface area contributed by atoms with E-state index in [2.05, 4.69) is 21.8 Å². The minimum Gasteiger partial charge on any atom is -0.486 e. The van der Waals surface area contributed by atoms with Crippen LogP contribution in [0.15, 0.2) is 72.5 Å². The van der Waals surface area contributed by atoms with E-state index in [0.29, 0.717) is 33.9 Å². The molecule has 30 heavy (non-hydrogen) atoms. The first-order valence-electron chi connectivity index (χ1n) is 9.29. The molecule has 0 amide bonds. The number of H-pyrrole nitrogens is 1. The number of thioether (sulfide) groups is 1. The first kappa shape index (κ1) is 20.3. The van der Waals surface area contributed by atoms with Crippen LogP contribution in [0.3, 0.4) is 0 Å². The number of rotatable bonds is 9. The van der Waals surface area contributed by atoms with Gasteiger partial charge in [0.1, 0.15) is 12.4 Å². The van der Waals surface area contributed by atoms with Crippen molar-refractivity contribution in [1.82, 2.24) is 19.7 Å². The molecular weight excluding hydrogens is 420 g/mol. The average molecular weight is 439 g/mol. The molecule has 0 aliphatic carbocycles. The predicted molar refractivity (Wildman–Crippen MR) is 119 cm³/mol. The summed E-state index contributed by atoms with van der Waals surface area (Å²) >= 11 is 7.25. The lowest BCUT2D eigenvalue weighted by molar-refractivity contribution is 0.102. The largest absolute Gasteiger partial charge is 0.486 e. The molecule has 0 spiro atoms. The van der Waals surface area contributed by atoms with Gasteiger partial charge in [-0.05, 0) is 30.3 Å². The van der Waals surface area contributed by atoms with Gasteiger partial charge < -0.3 is 9.72 Å². The van der Waals surface area contributed by atoms with E-state index in [1.807, 2.05) is 28.8 Å². The van der Waals surface area contributed by atoms with Gasteiger partial charge in [-0.2, -0.15) is 0 Å². The van der Waals surface area contributed by atoms with Crippen molar-refractivity contribution in [1.29, 1.82) is 0 Å². The van der Waals surface area contributed by atoms with Gasteiger partial charge in [-0.25, -0.2) is 0 Å². The molecule has 2 heterocycles. The van der Waals surface area contributed by atoms with Gasteiger partial charge >= 0.3 is 0 Å². The molecule has 0 radical (unpaired) electrons. The number of ether oxygens (including phenoxy) is 1. The van der Waals surface area contributed by atoms with Crippen LogP contribution in [0.25, 0.3) is 10.9 Å². The number of allylic oxidation sites excluding steroid dienone is 1. The standard InChI is InChI=1S/C22H19ClN4O2S/c1-2-11-27-21(13-29-16-9-7-15(23)8-10-16)25-26-22(27)30-14-20(28)18-12-24-19-6-4-3-5-17(18)19/h2-10,12,24H,1,11,13-14H2. The molecule has 0 unspecified atom stereocenters. The number of carbonyl (C=O) groups is 1. The summed E-state index contributed by atoms with van der Waals surface area (Å²) in [7, 11) is 0. The molecule has 152 valence electrons. The molecule has 1 N–H and O–H groups in total. The van der Waals surface area contributed by atoms with Crippen molar-refractivity contribution in [3.8, 4) is 5.75 Å². The second-order valence-electron chi connectivity index (χ2n) is 6.50. The molecule has 0 fully saturated rings. The van der Waals surface area contributed by atoms with Crippen LogP contribution < -0.4 is 4.74 Å². The summed E-state index contributed by atoms with van der Waals surface area (Å²) in [6.45, 7) is 4.58. The molecule has 4 rings (SSSR count). The van der Waals surface area contributed by atoms with Crippen molar-refractivity contribution < 1.29 is 9.53 Å². The Labute approximate surface area is 182 Å². The van der Waals surface area contributed by atoms with Crippen LogP contribution in [0.4, 0.5) is 0 Å². The van der Waals surface area contributed by atoms with Crippen molar-refractivity contribution in [3.63, 3.8) is 0 Å². The third-order valence-electron chi connectivity index (χ3n) is 4.51. The number of nitrogens with zero attached hydrogens (tertiary/aromatic N) is 3. The Morgan fingerprint density at radius 2 is 2.00 bits per heavy atom. The highest BCUT2D eigenvalue weighted by Gasteiger charge is 2.17. The van der Waals surface area contributed by atoms with Crippen molar-refractivity contribution in [2.75, 3.05) is 5.75 Å². The van der Waals surface area contributed by atoms with E-state index >= 15 is 0 Å². The number of Topliss-reactive ketones (excluding diaryl/α,β-unsaturated/α-hetero) is 1. The number of aromatic amines is 1. The minimum atomic E-state index is 0.0320. The predicted octanol–water partition coefficient (Wildman–Crippen LogP) is 5.15. The quantitative estimate of drug-likeness (QED) is 0.222. The summed E-state index contributed by atoms with van der Waals surface area (Å²) in [5.41, 5.74) is 1.63. The highest BCUT2D eigenvalue weighted by Crippen LogP contribution is 2.23. The average Bonchev–Trinajstić information content (AvgIpc) is 3.36. The number of para-hydroxylation sites is 1. The monoisotopic (exact) mass is 438 g/mol. The lowest BCUT2D eigenvalue weighted by Crippen LogP contribution is -2.08. The first-order chi connectivity index (χ1) is 14.7. The smallest absolute Gasteiger partial charge is 0.192 e. The SMILES string of the molecule is C=CCn1c(COc2ccc(Cl)cc2)nnc1SCC(=O)c1c[nH]c2ccccc12. The van der Waals surface area contributed by atoms with Crippen LogP contribution in [-0.4, -0.2) is 31.3 Å². The fourth-order valence-electron chi connectivity index (χ4n) is 3.03. The summed E-state index contributed by atoms with van der Waals surface area (Å²) < 4.78 is 7.68. The molecule has 0 aliphatic rings. The molecule has 6 nitrogen and oxygen atoms in total. The number of nitrogens with one attached hydrogen (secondary N) is 1. The maximum absolute atomic E-state index is 12.8. The normalized spacial score (nSPS) is 11.0. The molecular formula is C22H19ClN4O2S. The van der Waals surface area contributed by atoms with Gasteiger partial charge in [0, 0.05) is 34.2 Å². The number of halogens is 1. The molecule has 0 atom stereocenters. The van der Waals surface area contributed by atoms with E-state index in [1.54, 1.807) is 36.5 Å². The molecule has 0 saturated heterocycles. The third kappa shape index (κ3) is 4.42. The van der Waals surface area contributed by atoms with Crippen LogP contribution in [-0.2, 0) is 13.2 Å². The number of ketones is 1. The van der Waals surface area contributed by atoms with E-state index in [1.165, 1.54) is 11.8 Å². The van der Waals surface area contributed by atoms with E-state index in [9.17, 15) is 4.79 Å². The number of carbonyl (C=O) groups excluding carboxylic acids is 1. The summed E-state index contributed by atoms with van der Waals surface area (Å²) in [5, 5.41) is 10.7. The van der Waals surface area contributed by atoms with Crippen molar-refractivity contribution in [3.05, 3.63) is 83.8 Å². The second-order valence-corrected chi connectivity index (χ2v) is 7.88. The van der Waals surface area contributed by atoms with Crippen LogP contribution in [0.5, 0.6) is 5.75 Å². The van der Waals surface area contributed by atoms with E-state index in [4.69, 9.17) is 16.3 Å². The highest BCUT2D eigenvalue weighted by molar-refractivity contribution is 7.99. The number of aromatic nitrogens is 4. The molecule has 0 aliphatic heterocycles. The number of benzene rings is 2. The van der Waals surface area contributed by atoms with Gasteiger partial charge in [0.2, 0.25) is 0 Å². The van der Waals surface area contributed by atoms with Gasteiger partial charge in [0.05, 0.1) is 5.75 Å². The zero-order valence-electron chi connectivity index (χ0n) is 16.0. The highest BCUT2D eigenvalue weighted by atomic mass is 35.5. The Balaban J connectivity index is 1.45. The topological polar surface area (TPSA) is 72.8 Å². The van der Waals surface area contributed by atoms with Gasteiger partial charge in [0.25, 0.3) is 0 Å². The lowest BCUT2D eigenvalue weighted by Gasteiger charge is -2.09. The Morgan fingerprint density at radius 3 is 2.80 bits per heavy atom. The Kier molecular flexibility index (Phi) is 6.21. The van der Waals surface area contributed by atoms with E-state index in [0.717, 1.165) is 10.9 Å². The maximum atomic E-state index is 12.8.